The smallest absolute Gasteiger partial charge is 0.273 e. The molecule has 0 radical (unpaired) electrons. The maximum Gasteiger partial charge on any atom is 0.273 e. The number of piperidine rings is 1. The second-order valence-electron chi connectivity index (χ2n) is 7.87. The topological polar surface area (TPSA) is 80.1 Å². The first-order valence-corrected chi connectivity index (χ1v) is 12.5. The first-order chi connectivity index (χ1) is 15.0. The third-order valence-corrected chi connectivity index (χ3v) is 7.43. The van der Waals surface area contributed by atoms with E-state index in [4.69, 9.17) is 0 Å². The van der Waals surface area contributed by atoms with Gasteiger partial charge in [0.15, 0.2) is 15.9 Å². The molecule has 9 heteroatoms. The van der Waals surface area contributed by atoms with Crippen molar-refractivity contribution in [1.82, 2.24) is 14.5 Å². The van der Waals surface area contributed by atoms with Crippen LogP contribution in [0.4, 0.5) is 10.8 Å². The molecule has 1 aromatic carbocycles. The number of amides is 1. The number of hydrogen-bond donors (Lipinski definition) is 1. The molecule has 0 aliphatic carbocycles. The highest BCUT2D eigenvalue weighted by Gasteiger charge is 2.22. The Hall–Kier alpha value is -2.39. The van der Waals surface area contributed by atoms with Gasteiger partial charge in [0.2, 0.25) is 5.91 Å². The van der Waals surface area contributed by atoms with Gasteiger partial charge in [0, 0.05) is 25.3 Å². The van der Waals surface area contributed by atoms with Crippen LogP contribution in [-0.2, 0) is 11.3 Å². The van der Waals surface area contributed by atoms with Gasteiger partial charge in [-0.1, -0.05) is 55.1 Å². The molecule has 1 amide bonds. The summed E-state index contributed by atoms with van der Waals surface area (Å²) in [7, 11) is 0. The number of carbonyl (C=O) groups excluding carboxylic acids is 1. The van der Waals surface area contributed by atoms with Crippen molar-refractivity contribution in [1.29, 1.82) is 0 Å². The number of benzene rings is 1. The maximum atomic E-state index is 13.2. The summed E-state index contributed by atoms with van der Waals surface area (Å²) in [5.41, 5.74) is 1.18. The standard InChI is InChI=1S/C22H27N5O2S2/c1-3-11-27-20(29)18-19(24-21(31-18)26-12-9-15(2)10-13-26)25-22(27)30-14-17(28)23-16-7-5-4-6-8-16/h4-8,15H,3,9-14H2,1-2H3,(H,23,28). The fourth-order valence-corrected chi connectivity index (χ4v) is 5.41. The van der Waals surface area contributed by atoms with Gasteiger partial charge in [0.05, 0.1) is 5.75 Å². The Morgan fingerprint density at radius 1 is 1.23 bits per heavy atom. The van der Waals surface area contributed by atoms with E-state index in [2.05, 4.69) is 27.1 Å². The number of para-hydroxylation sites is 1. The number of rotatable bonds is 7. The summed E-state index contributed by atoms with van der Waals surface area (Å²) in [6.07, 6.45) is 3.09. The van der Waals surface area contributed by atoms with Gasteiger partial charge in [0.1, 0.15) is 4.70 Å². The van der Waals surface area contributed by atoms with Gasteiger partial charge < -0.3 is 10.2 Å². The zero-order valence-electron chi connectivity index (χ0n) is 17.8. The minimum atomic E-state index is -0.130. The van der Waals surface area contributed by atoms with Crippen molar-refractivity contribution >= 4 is 50.2 Å². The molecule has 1 aliphatic rings. The van der Waals surface area contributed by atoms with Crippen LogP contribution in [0.15, 0.2) is 40.3 Å². The summed E-state index contributed by atoms with van der Waals surface area (Å²) < 4.78 is 2.28. The van der Waals surface area contributed by atoms with Crippen molar-refractivity contribution in [2.24, 2.45) is 5.92 Å². The van der Waals surface area contributed by atoms with Crippen LogP contribution in [0.3, 0.4) is 0 Å². The van der Waals surface area contributed by atoms with E-state index in [-0.39, 0.29) is 17.2 Å². The molecule has 1 N–H and O–H groups in total. The van der Waals surface area contributed by atoms with Crippen molar-refractivity contribution in [3.8, 4) is 0 Å². The molecule has 0 spiro atoms. The lowest BCUT2D eigenvalue weighted by molar-refractivity contribution is -0.113. The van der Waals surface area contributed by atoms with Crippen molar-refractivity contribution < 1.29 is 4.79 Å². The molecule has 1 saturated heterocycles. The number of hydrogen-bond acceptors (Lipinski definition) is 7. The van der Waals surface area contributed by atoms with Crippen molar-refractivity contribution in [2.75, 3.05) is 29.1 Å². The first-order valence-electron chi connectivity index (χ1n) is 10.7. The molecule has 3 aromatic rings. The quantitative estimate of drug-likeness (QED) is 0.422. The molecule has 4 rings (SSSR count). The fraction of sp³-hybridized carbons (Fsp3) is 0.455. The van der Waals surface area contributed by atoms with E-state index in [0.717, 1.165) is 49.1 Å². The predicted octanol–water partition coefficient (Wildman–Crippen LogP) is 4.23. The summed E-state index contributed by atoms with van der Waals surface area (Å²) >= 11 is 2.72. The minimum Gasteiger partial charge on any atom is -0.348 e. The Kier molecular flexibility index (Phi) is 6.92. The van der Waals surface area contributed by atoms with Gasteiger partial charge >= 0.3 is 0 Å². The van der Waals surface area contributed by atoms with Gasteiger partial charge in [-0.25, -0.2) is 4.98 Å². The Morgan fingerprint density at radius 3 is 2.68 bits per heavy atom. The van der Waals surface area contributed by atoms with Crippen LogP contribution in [0.1, 0.15) is 33.1 Å². The largest absolute Gasteiger partial charge is 0.348 e. The van der Waals surface area contributed by atoms with E-state index in [0.29, 0.717) is 22.0 Å². The van der Waals surface area contributed by atoms with Gasteiger partial charge in [0.25, 0.3) is 5.56 Å². The second kappa shape index (κ2) is 9.82. The number of fused-ring (bicyclic) bond motifs is 1. The van der Waals surface area contributed by atoms with Gasteiger partial charge in [-0.05, 0) is 37.3 Å². The van der Waals surface area contributed by atoms with E-state index in [1.165, 1.54) is 23.1 Å². The molecule has 2 aromatic heterocycles. The Morgan fingerprint density at radius 2 is 1.97 bits per heavy atom. The van der Waals surface area contributed by atoms with E-state index in [1.54, 1.807) is 4.57 Å². The zero-order chi connectivity index (χ0) is 21.8. The average molecular weight is 458 g/mol. The van der Waals surface area contributed by atoms with Gasteiger partial charge in [-0.15, -0.1) is 0 Å². The van der Waals surface area contributed by atoms with Gasteiger partial charge in [-0.3, -0.25) is 14.2 Å². The number of thiazole rings is 1. The summed E-state index contributed by atoms with van der Waals surface area (Å²) in [6, 6.07) is 9.34. The zero-order valence-corrected chi connectivity index (χ0v) is 19.5. The third-order valence-electron chi connectivity index (χ3n) is 5.36. The highest BCUT2D eigenvalue weighted by molar-refractivity contribution is 7.99. The maximum absolute atomic E-state index is 13.2. The van der Waals surface area contributed by atoms with Crippen LogP contribution in [0, 0.1) is 5.92 Å². The van der Waals surface area contributed by atoms with Crippen molar-refractivity contribution in [3.63, 3.8) is 0 Å². The predicted molar refractivity (Wildman–Crippen MR) is 128 cm³/mol. The lowest BCUT2D eigenvalue weighted by atomic mass is 10.00. The molecule has 1 aliphatic heterocycles. The third kappa shape index (κ3) is 5.10. The van der Waals surface area contributed by atoms with Crippen LogP contribution in [0.2, 0.25) is 0 Å². The van der Waals surface area contributed by atoms with Crippen LogP contribution in [0.25, 0.3) is 10.3 Å². The van der Waals surface area contributed by atoms with E-state index in [1.807, 2.05) is 37.3 Å². The molecule has 0 saturated carbocycles. The van der Waals surface area contributed by atoms with Crippen LogP contribution < -0.4 is 15.8 Å². The molecule has 3 heterocycles. The Labute approximate surface area is 189 Å². The van der Waals surface area contributed by atoms with Crippen LogP contribution >= 0.6 is 23.1 Å². The second-order valence-corrected chi connectivity index (χ2v) is 9.79. The van der Waals surface area contributed by atoms with Crippen molar-refractivity contribution in [3.05, 3.63) is 40.7 Å². The van der Waals surface area contributed by atoms with Crippen LogP contribution in [-0.4, -0.2) is 39.3 Å². The first kappa shape index (κ1) is 21.8. The number of anilines is 2. The molecular weight excluding hydrogens is 430 g/mol. The molecule has 164 valence electrons. The fourth-order valence-electron chi connectivity index (χ4n) is 3.59. The molecule has 0 atom stereocenters. The number of thioether (sulfide) groups is 1. The van der Waals surface area contributed by atoms with E-state index >= 15 is 0 Å². The minimum absolute atomic E-state index is 0.0630. The molecule has 0 unspecified atom stereocenters. The van der Waals surface area contributed by atoms with Gasteiger partial charge in [-0.2, -0.15) is 4.98 Å². The molecule has 31 heavy (non-hydrogen) atoms. The molecule has 7 nitrogen and oxygen atoms in total. The SMILES string of the molecule is CCCn1c(SCC(=O)Nc2ccccc2)nc2nc(N3CCC(C)CC3)sc2c1=O. The molecule has 0 bridgehead atoms. The lowest BCUT2D eigenvalue weighted by Gasteiger charge is -2.29. The number of aromatic nitrogens is 3. The average Bonchev–Trinajstić information content (AvgIpc) is 3.20. The number of nitrogens with one attached hydrogen (secondary N) is 1. The number of carbonyl (C=O) groups is 1. The Balaban J connectivity index is 1.56. The summed E-state index contributed by atoms with van der Waals surface area (Å²) in [5.74, 6) is 0.781. The normalized spacial score (nSPS) is 14.8. The lowest BCUT2D eigenvalue weighted by Crippen LogP contribution is -2.32. The summed E-state index contributed by atoms with van der Waals surface area (Å²) in [4.78, 5) is 37.2. The van der Waals surface area contributed by atoms with Crippen LogP contribution in [0.5, 0.6) is 0 Å². The van der Waals surface area contributed by atoms with E-state index in [9.17, 15) is 9.59 Å². The summed E-state index contributed by atoms with van der Waals surface area (Å²) in [6.45, 7) is 6.80. The highest BCUT2D eigenvalue weighted by atomic mass is 32.2. The molecule has 1 fully saturated rings. The summed E-state index contributed by atoms with van der Waals surface area (Å²) in [5, 5.41) is 4.29. The van der Waals surface area contributed by atoms with E-state index < -0.39 is 0 Å². The Bertz CT molecular complexity index is 1100. The number of nitrogens with zero attached hydrogens (tertiary/aromatic N) is 4. The van der Waals surface area contributed by atoms with Crippen molar-refractivity contribution in [2.45, 2.75) is 44.8 Å². The monoisotopic (exact) mass is 457 g/mol. The molecular formula is C22H27N5O2S2. The highest BCUT2D eigenvalue weighted by Crippen LogP contribution is 2.30.